The summed E-state index contributed by atoms with van der Waals surface area (Å²) in [6.45, 7) is 4.00. The Morgan fingerprint density at radius 1 is 1.30 bits per heavy atom. The van der Waals surface area contributed by atoms with Crippen LogP contribution in [0.3, 0.4) is 0 Å². The predicted octanol–water partition coefficient (Wildman–Crippen LogP) is 4.08. The van der Waals surface area contributed by atoms with E-state index in [0.717, 1.165) is 15.8 Å². The van der Waals surface area contributed by atoms with E-state index in [1.807, 2.05) is 50.2 Å². The van der Waals surface area contributed by atoms with Crippen LogP contribution in [0.4, 0.5) is 5.82 Å². The maximum absolute atomic E-state index is 5.66. The van der Waals surface area contributed by atoms with Gasteiger partial charge in [-0.2, -0.15) is 5.10 Å². The van der Waals surface area contributed by atoms with Crippen molar-refractivity contribution in [2.24, 2.45) is 5.10 Å². The number of benzene rings is 1. The fraction of sp³-hybridized carbons (Fsp3) is 0.200. The molecule has 0 spiro atoms. The van der Waals surface area contributed by atoms with Gasteiger partial charge in [-0.25, -0.2) is 4.98 Å². The van der Waals surface area contributed by atoms with E-state index in [-0.39, 0.29) is 6.10 Å². The summed E-state index contributed by atoms with van der Waals surface area (Å²) < 4.78 is 6.57. The Morgan fingerprint density at radius 3 is 2.80 bits per heavy atom. The number of nitrogens with one attached hydrogen (secondary N) is 1. The third-order valence-electron chi connectivity index (χ3n) is 2.38. The third-order valence-corrected chi connectivity index (χ3v) is 3.00. The summed E-state index contributed by atoms with van der Waals surface area (Å²) in [7, 11) is 0. The fourth-order valence-electron chi connectivity index (χ4n) is 1.55. The van der Waals surface area contributed by atoms with Gasteiger partial charge in [0.25, 0.3) is 0 Å². The highest BCUT2D eigenvalue weighted by atomic mass is 79.9. The summed E-state index contributed by atoms with van der Waals surface area (Å²) in [6, 6.07) is 11.4. The van der Waals surface area contributed by atoms with Gasteiger partial charge in [-0.1, -0.05) is 6.07 Å². The molecule has 5 heteroatoms. The molecule has 1 N–H and O–H groups in total. The van der Waals surface area contributed by atoms with E-state index in [4.69, 9.17) is 4.74 Å². The molecule has 2 rings (SSSR count). The van der Waals surface area contributed by atoms with E-state index in [2.05, 4.69) is 31.4 Å². The average Bonchev–Trinajstić information content (AvgIpc) is 2.43. The topological polar surface area (TPSA) is 46.5 Å². The molecular formula is C15H16BrN3O. The number of hydrogen-bond donors (Lipinski definition) is 1. The first kappa shape index (κ1) is 14.5. The molecule has 0 radical (unpaired) electrons. The minimum atomic E-state index is 0.150. The van der Waals surface area contributed by atoms with Crippen LogP contribution in [0.5, 0.6) is 5.75 Å². The largest absolute Gasteiger partial charge is 0.490 e. The van der Waals surface area contributed by atoms with E-state index in [9.17, 15) is 0 Å². The quantitative estimate of drug-likeness (QED) is 0.662. The minimum absolute atomic E-state index is 0.150. The molecule has 2 aromatic rings. The zero-order valence-electron chi connectivity index (χ0n) is 11.4. The van der Waals surface area contributed by atoms with Crippen molar-refractivity contribution in [3.63, 3.8) is 0 Å². The second-order valence-corrected chi connectivity index (χ2v) is 5.30. The number of aromatic nitrogens is 1. The maximum Gasteiger partial charge on any atom is 0.146 e. The van der Waals surface area contributed by atoms with Crippen molar-refractivity contribution in [2.45, 2.75) is 20.0 Å². The lowest BCUT2D eigenvalue weighted by molar-refractivity contribution is 0.241. The van der Waals surface area contributed by atoms with Crippen LogP contribution in [0, 0.1) is 0 Å². The van der Waals surface area contributed by atoms with Crippen molar-refractivity contribution >= 4 is 28.0 Å². The van der Waals surface area contributed by atoms with E-state index in [1.165, 1.54) is 0 Å². The molecule has 0 saturated carbocycles. The second kappa shape index (κ2) is 7.05. The minimum Gasteiger partial charge on any atom is -0.490 e. The molecule has 104 valence electrons. The summed E-state index contributed by atoms with van der Waals surface area (Å²) in [4.78, 5) is 4.12. The molecule has 1 heterocycles. The van der Waals surface area contributed by atoms with Crippen LogP contribution in [-0.4, -0.2) is 17.3 Å². The molecule has 0 unspecified atom stereocenters. The Morgan fingerprint density at radius 2 is 2.15 bits per heavy atom. The van der Waals surface area contributed by atoms with Gasteiger partial charge >= 0.3 is 0 Å². The molecule has 0 amide bonds. The van der Waals surface area contributed by atoms with Crippen LogP contribution in [0.1, 0.15) is 19.4 Å². The summed E-state index contributed by atoms with van der Waals surface area (Å²) in [6.07, 6.45) is 3.60. The Bertz CT molecular complexity index is 585. The van der Waals surface area contributed by atoms with Crippen molar-refractivity contribution in [2.75, 3.05) is 5.43 Å². The van der Waals surface area contributed by atoms with Crippen LogP contribution in [0.15, 0.2) is 52.2 Å². The van der Waals surface area contributed by atoms with E-state index >= 15 is 0 Å². The van der Waals surface area contributed by atoms with Crippen LogP contribution in [0.25, 0.3) is 0 Å². The third kappa shape index (κ3) is 4.35. The molecule has 0 bridgehead atoms. The van der Waals surface area contributed by atoms with Gasteiger partial charge in [-0.3, -0.25) is 5.43 Å². The van der Waals surface area contributed by atoms with Crippen LogP contribution < -0.4 is 10.2 Å². The van der Waals surface area contributed by atoms with Gasteiger partial charge < -0.3 is 4.74 Å². The van der Waals surface area contributed by atoms with Gasteiger partial charge in [0.15, 0.2) is 0 Å². The zero-order valence-corrected chi connectivity index (χ0v) is 13.0. The normalized spacial score (nSPS) is 11.0. The highest BCUT2D eigenvalue weighted by Gasteiger charge is 2.03. The van der Waals surface area contributed by atoms with Crippen molar-refractivity contribution < 1.29 is 4.74 Å². The van der Waals surface area contributed by atoms with E-state index in [0.29, 0.717) is 5.82 Å². The van der Waals surface area contributed by atoms with Gasteiger partial charge in [0.1, 0.15) is 11.6 Å². The van der Waals surface area contributed by atoms with Crippen LogP contribution in [-0.2, 0) is 0 Å². The Hall–Kier alpha value is -1.88. The summed E-state index contributed by atoms with van der Waals surface area (Å²) in [5.74, 6) is 1.54. The first-order valence-corrected chi connectivity index (χ1v) is 7.11. The SMILES string of the molecule is CC(C)Oc1ccc(/C=N/Nc2ccccn2)cc1Br. The first-order chi connectivity index (χ1) is 9.65. The van der Waals surface area contributed by atoms with E-state index < -0.39 is 0 Å². The van der Waals surface area contributed by atoms with Crippen molar-refractivity contribution in [1.82, 2.24) is 4.98 Å². The molecule has 4 nitrogen and oxygen atoms in total. The Balaban J connectivity index is 2.01. The molecule has 0 aliphatic heterocycles. The lowest BCUT2D eigenvalue weighted by Gasteiger charge is -2.11. The van der Waals surface area contributed by atoms with Gasteiger partial charge in [-0.05, 0) is 65.7 Å². The molecule has 0 aliphatic carbocycles. The lowest BCUT2D eigenvalue weighted by Crippen LogP contribution is -2.06. The Labute approximate surface area is 127 Å². The summed E-state index contributed by atoms with van der Waals surface area (Å²) in [5, 5.41) is 4.14. The smallest absolute Gasteiger partial charge is 0.146 e. The number of ether oxygens (including phenoxy) is 1. The molecule has 0 fully saturated rings. The number of hydrazone groups is 1. The monoisotopic (exact) mass is 333 g/mol. The number of anilines is 1. The number of hydrogen-bond acceptors (Lipinski definition) is 4. The average molecular weight is 334 g/mol. The standard InChI is InChI=1S/C15H16BrN3O/c1-11(2)20-14-7-6-12(9-13(14)16)10-18-19-15-5-3-4-8-17-15/h3-11H,1-2H3,(H,17,19)/b18-10+. The maximum atomic E-state index is 5.66. The first-order valence-electron chi connectivity index (χ1n) is 6.31. The Kier molecular flexibility index (Phi) is 5.12. The number of rotatable bonds is 5. The molecule has 1 aromatic heterocycles. The summed E-state index contributed by atoms with van der Waals surface area (Å²) >= 11 is 3.49. The number of halogens is 1. The van der Waals surface area contributed by atoms with Gasteiger partial charge in [0.05, 0.1) is 16.8 Å². The molecule has 0 atom stereocenters. The molecule has 20 heavy (non-hydrogen) atoms. The molecule has 0 aliphatic rings. The second-order valence-electron chi connectivity index (χ2n) is 4.44. The van der Waals surface area contributed by atoms with Crippen molar-refractivity contribution in [1.29, 1.82) is 0 Å². The zero-order chi connectivity index (χ0) is 14.4. The van der Waals surface area contributed by atoms with Crippen LogP contribution >= 0.6 is 15.9 Å². The number of pyridine rings is 1. The van der Waals surface area contributed by atoms with E-state index in [1.54, 1.807) is 12.4 Å². The number of nitrogens with zero attached hydrogens (tertiary/aromatic N) is 2. The highest BCUT2D eigenvalue weighted by Crippen LogP contribution is 2.26. The highest BCUT2D eigenvalue weighted by molar-refractivity contribution is 9.10. The molecule has 0 saturated heterocycles. The van der Waals surface area contributed by atoms with Gasteiger partial charge in [0, 0.05) is 6.20 Å². The van der Waals surface area contributed by atoms with Crippen LogP contribution in [0.2, 0.25) is 0 Å². The van der Waals surface area contributed by atoms with Crippen molar-refractivity contribution in [3.05, 3.63) is 52.6 Å². The molecule has 1 aromatic carbocycles. The summed E-state index contributed by atoms with van der Waals surface area (Å²) in [5.41, 5.74) is 3.84. The van der Waals surface area contributed by atoms with Crippen molar-refractivity contribution in [3.8, 4) is 5.75 Å². The fourth-order valence-corrected chi connectivity index (χ4v) is 2.04. The predicted molar refractivity (Wildman–Crippen MR) is 85.4 cm³/mol. The lowest BCUT2D eigenvalue weighted by atomic mass is 10.2. The van der Waals surface area contributed by atoms with Gasteiger partial charge in [0.2, 0.25) is 0 Å². The molecular weight excluding hydrogens is 318 g/mol. The van der Waals surface area contributed by atoms with Gasteiger partial charge in [-0.15, -0.1) is 0 Å².